The lowest BCUT2D eigenvalue weighted by molar-refractivity contribution is -0.120. The Labute approximate surface area is 76.6 Å². The number of nitrogens with zero attached hydrogens (tertiary/aromatic N) is 1. The van der Waals surface area contributed by atoms with Crippen molar-refractivity contribution in [2.45, 2.75) is 19.8 Å². The molecule has 1 aliphatic heterocycles. The van der Waals surface area contributed by atoms with E-state index in [1.54, 1.807) is 0 Å². The number of aliphatic hydroxyl groups is 2. The highest BCUT2D eigenvalue weighted by Gasteiger charge is 2.25. The van der Waals surface area contributed by atoms with E-state index in [1.807, 2.05) is 6.92 Å². The van der Waals surface area contributed by atoms with Crippen LogP contribution in [-0.4, -0.2) is 28.8 Å². The molecule has 0 bridgehead atoms. The molecule has 0 aromatic carbocycles. The van der Waals surface area contributed by atoms with Gasteiger partial charge in [0.2, 0.25) is 5.78 Å². The molecule has 4 nitrogen and oxygen atoms in total. The number of aliphatic imine (C=N–C) groups is 1. The van der Waals surface area contributed by atoms with Crippen LogP contribution in [-0.2, 0) is 4.79 Å². The first kappa shape index (κ1) is 9.92. The molecule has 1 atom stereocenters. The van der Waals surface area contributed by atoms with Gasteiger partial charge < -0.3 is 10.2 Å². The standard InChI is InChI=1S/C9H13NO3/c1-2-7-9(13)8(12)6(3-4-11)5-10-7/h5-6,11,13H,2-4H2,1H3. The molecule has 1 unspecified atom stereocenters. The van der Waals surface area contributed by atoms with E-state index in [0.29, 0.717) is 18.5 Å². The van der Waals surface area contributed by atoms with Crippen molar-refractivity contribution in [1.82, 2.24) is 0 Å². The molecule has 0 aromatic rings. The first-order chi connectivity index (χ1) is 6.20. The Morgan fingerprint density at radius 3 is 2.85 bits per heavy atom. The van der Waals surface area contributed by atoms with Gasteiger partial charge in [-0.05, 0) is 12.8 Å². The lowest BCUT2D eigenvalue weighted by Crippen LogP contribution is -2.23. The summed E-state index contributed by atoms with van der Waals surface area (Å²) in [4.78, 5) is 15.3. The predicted molar refractivity (Wildman–Crippen MR) is 48.6 cm³/mol. The molecule has 4 heteroatoms. The smallest absolute Gasteiger partial charge is 0.207 e. The zero-order chi connectivity index (χ0) is 9.84. The number of carbonyl (C=O) groups is 1. The SMILES string of the molecule is CCC1=C(O)C(=O)C(CCO)C=N1. The highest BCUT2D eigenvalue weighted by Crippen LogP contribution is 2.19. The van der Waals surface area contributed by atoms with E-state index in [1.165, 1.54) is 6.21 Å². The number of allylic oxidation sites excluding steroid dienone is 2. The van der Waals surface area contributed by atoms with Gasteiger partial charge in [0.1, 0.15) is 0 Å². The highest BCUT2D eigenvalue weighted by molar-refractivity contribution is 6.06. The topological polar surface area (TPSA) is 69.9 Å². The van der Waals surface area contributed by atoms with Crippen molar-refractivity contribution >= 4 is 12.0 Å². The Bertz CT molecular complexity index is 268. The van der Waals surface area contributed by atoms with Crippen LogP contribution in [0.15, 0.2) is 16.4 Å². The Balaban J connectivity index is 2.80. The number of aliphatic hydroxyl groups excluding tert-OH is 2. The Hall–Kier alpha value is -1.16. The van der Waals surface area contributed by atoms with Crippen LogP contribution in [0.5, 0.6) is 0 Å². The van der Waals surface area contributed by atoms with Gasteiger partial charge in [0.05, 0.1) is 11.6 Å². The lowest BCUT2D eigenvalue weighted by Gasteiger charge is -2.15. The monoisotopic (exact) mass is 183 g/mol. The van der Waals surface area contributed by atoms with E-state index >= 15 is 0 Å². The van der Waals surface area contributed by atoms with Crippen LogP contribution < -0.4 is 0 Å². The lowest BCUT2D eigenvalue weighted by atomic mass is 9.97. The number of carbonyl (C=O) groups excluding carboxylic acids is 1. The average molecular weight is 183 g/mol. The maximum atomic E-state index is 11.4. The van der Waals surface area contributed by atoms with Gasteiger partial charge in [-0.1, -0.05) is 6.92 Å². The van der Waals surface area contributed by atoms with Crippen molar-refractivity contribution in [2.75, 3.05) is 6.61 Å². The molecule has 0 saturated carbocycles. The summed E-state index contributed by atoms with van der Waals surface area (Å²) in [6.07, 6.45) is 2.36. The van der Waals surface area contributed by atoms with Crippen LogP contribution in [0.4, 0.5) is 0 Å². The molecule has 0 amide bonds. The molecule has 0 saturated heterocycles. The van der Waals surface area contributed by atoms with E-state index in [9.17, 15) is 9.90 Å². The van der Waals surface area contributed by atoms with Crippen molar-refractivity contribution in [3.8, 4) is 0 Å². The molecule has 72 valence electrons. The largest absolute Gasteiger partial charge is 0.503 e. The molecule has 0 aromatic heterocycles. The van der Waals surface area contributed by atoms with Crippen LogP contribution in [0.3, 0.4) is 0 Å². The fourth-order valence-electron chi connectivity index (χ4n) is 1.23. The van der Waals surface area contributed by atoms with Gasteiger partial charge in [0.25, 0.3) is 0 Å². The van der Waals surface area contributed by atoms with Gasteiger partial charge in [-0.25, -0.2) is 0 Å². The maximum absolute atomic E-state index is 11.4. The molecule has 1 rings (SSSR count). The van der Waals surface area contributed by atoms with Crippen LogP contribution in [0.25, 0.3) is 0 Å². The molecule has 1 aliphatic rings. The quantitative estimate of drug-likeness (QED) is 0.680. The molecule has 2 N–H and O–H groups in total. The molecule has 0 aliphatic carbocycles. The molecule has 0 radical (unpaired) electrons. The van der Waals surface area contributed by atoms with Crippen LogP contribution in [0.2, 0.25) is 0 Å². The second kappa shape index (κ2) is 4.18. The number of Topliss-reactive ketones (excluding diaryl/α,β-unsaturated/α-hetero) is 1. The third kappa shape index (κ3) is 1.95. The van der Waals surface area contributed by atoms with E-state index in [0.717, 1.165) is 0 Å². The summed E-state index contributed by atoms with van der Waals surface area (Å²) >= 11 is 0. The van der Waals surface area contributed by atoms with Crippen molar-refractivity contribution < 1.29 is 15.0 Å². The van der Waals surface area contributed by atoms with Crippen molar-refractivity contribution in [1.29, 1.82) is 0 Å². The third-order valence-electron chi connectivity index (χ3n) is 2.03. The van der Waals surface area contributed by atoms with Crippen molar-refractivity contribution in [3.05, 3.63) is 11.5 Å². The second-order valence-corrected chi connectivity index (χ2v) is 2.91. The minimum absolute atomic E-state index is 0.0723. The molecule has 13 heavy (non-hydrogen) atoms. The highest BCUT2D eigenvalue weighted by atomic mass is 16.3. The van der Waals surface area contributed by atoms with E-state index in [4.69, 9.17) is 5.11 Å². The Kier molecular flexibility index (Phi) is 3.19. The van der Waals surface area contributed by atoms with E-state index < -0.39 is 5.92 Å². The summed E-state index contributed by atoms with van der Waals surface area (Å²) < 4.78 is 0. The first-order valence-corrected chi connectivity index (χ1v) is 4.32. The maximum Gasteiger partial charge on any atom is 0.207 e. The van der Waals surface area contributed by atoms with Gasteiger partial charge in [0, 0.05) is 12.8 Å². The fourth-order valence-corrected chi connectivity index (χ4v) is 1.23. The van der Waals surface area contributed by atoms with Gasteiger partial charge >= 0.3 is 0 Å². The van der Waals surface area contributed by atoms with Crippen molar-refractivity contribution in [3.63, 3.8) is 0 Å². The molecule has 0 spiro atoms. The van der Waals surface area contributed by atoms with Crippen LogP contribution >= 0.6 is 0 Å². The minimum atomic E-state index is -0.458. The summed E-state index contributed by atoms with van der Waals surface area (Å²) in [6.45, 7) is 1.75. The normalized spacial score (nSPS) is 22.6. The Morgan fingerprint density at radius 2 is 2.31 bits per heavy atom. The van der Waals surface area contributed by atoms with E-state index in [-0.39, 0.29) is 18.1 Å². The number of ketones is 1. The molecule has 1 heterocycles. The van der Waals surface area contributed by atoms with Gasteiger partial charge in [0.15, 0.2) is 5.76 Å². The Morgan fingerprint density at radius 1 is 1.62 bits per heavy atom. The summed E-state index contributed by atoms with van der Waals surface area (Å²) in [5, 5.41) is 18.0. The number of hydrogen-bond acceptors (Lipinski definition) is 4. The van der Waals surface area contributed by atoms with E-state index in [2.05, 4.69) is 4.99 Å². The first-order valence-electron chi connectivity index (χ1n) is 4.32. The molecule has 0 fully saturated rings. The second-order valence-electron chi connectivity index (χ2n) is 2.91. The molecular weight excluding hydrogens is 170 g/mol. The number of rotatable bonds is 3. The predicted octanol–water partition coefficient (Wildman–Crippen LogP) is 0.818. The molecular formula is C9H13NO3. The van der Waals surface area contributed by atoms with Crippen LogP contribution in [0.1, 0.15) is 19.8 Å². The van der Waals surface area contributed by atoms with Gasteiger partial charge in [-0.2, -0.15) is 0 Å². The zero-order valence-corrected chi connectivity index (χ0v) is 7.53. The van der Waals surface area contributed by atoms with Gasteiger partial charge in [-0.15, -0.1) is 0 Å². The fraction of sp³-hybridized carbons (Fsp3) is 0.556. The minimum Gasteiger partial charge on any atom is -0.503 e. The third-order valence-corrected chi connectivity index (χ3v) is 2.03. The summed E-state index contributed by atoms with van der Waals surface area (Å²) in [6, 6.07) is 0. The zero-order valence-electron chi connectivity index (χ0n) is 7.53. The van der Waals surface area contributed by atoms with Gasteiger partial charge in [-0.3, -0.25) is 9.79 Å². The summed E-state index contributed by atoms with van der Waals surface area (Å²) in [5.74, 6) is -1.04. The summed E-state index contributed by atoms with van der Waals surface area (Å²) in [5.41, 5.74) is 0.430. The van der Waals surface area contributed by atoms with Crippen molar-refractivity contribution in [2.24, 2.45) is 10.9 Å². The number of hydrogen-bond donors (Lipinski definition) is 2. The average Bonchev–Trinajstić information content (AvgIpc) is 2.14. The van der Waals surface area contributed by atoms with Crippen LogP contribution in [0, 0.1) is 5.92 Å². The summed E-state index contributed by atoms with van der Waals surface area (Å²) in [7, 11) is 0.